The summed E-state index contributed by atoms with van der Waals surface area (Å²) in [6.07, 6.45) is -9.91. The molecule has 1 amide bonds. The van der Waals surface area contributed by atoms with Crippen molar-refractivity contribution in [2.45, 2.75) is 57.7 Å². The summed E-state index contributed by atoms with van der Waals surface area (Å²) in [6, 6.07) is -0.936. The van der Waals surface area contributed by atoms with Crippen molar-refractivity contribution in [1.82, 2.24) is 14.9 Å². The summed E-state index contributed by atoms with van der Waals surface area (Å²) in [5, 5.41) is 1.77. The van der Waals surface area contributed by atoms with E-state index in [1.807, 2.05) is 0 Å². The highest BCUT2D eigenvalue weighted by atomic mass is 35.5. The number of hydrogen-bond donors (Lipinski definition) is 1. The molecule has 0 aromatic carbocycles. The van der Waals surface area contributed by atoms with Crippen molar-refractivity contribution >= 4 is 23.6 Å². The maximum Gasteiger partial charge on any atom is 0.420 e. The fourth-order valence-electron chi connectivity index (χ4n) is 2.59. The third kappa shape index (κ3) is 6.26. The van der Waals surface area contributed by atoms with Crippen LogP contribution in [-0.2, 0) is 15.7 Å². The highest BCUT2D eigenvalue weighted by molar-refractivity contribution is 6.30. The smallest absolute Gasteiger partial charge is 0.420 e. The summed E-state index contributed by atoms with van der Waals surface area (Å²) in [5.41, 5.74) is -2.13. The van der Waals surface area contributed by atoms with Crippen molar-refractivity contribution in [2.75, 3.05) is 18.4 Å². The van der Waals surface area contributed by atoms with Gasteiger partial charge in [0.05, 0.1) is 12.1 Å². The fourth-order valence-corrected chi connectivity index (χ4v) is 2.82. The fraction of sp³-hybridized carbons (Fsp3) is 0.688. The van der Waals surface area contributed by atoms with E-state index in [4.69, 9.17) is 16.3 Å². The lowest BCUT2D eigenvalue weighted by Crippen LogP contribution is -2.61. The van der Waals surface area contributed by atoms with E-state index >= 15 is 0 Å². The van der Waals surface area contributed by atoms with Crippen molar-refractivity contribution < 1.29 is 36.2 Å². The molecule has 7 nitrogen and oxygen atoms in total. The Bertz CT molecular complexity index is 757. The number of carbonyl (C=O) groups is 1. The Morgan fingerprint density at radius 1 is 1.41 bits per heavy atom. The molecule has 1 aliphatic rings. The first kappa shape index (κ1) is 23.3. The standard InChI is InChI=1S/C16H20ClF5N4O3/c1-8-10(6-24-12-23-5-9(11(17)25-12)16(20,21)22)26(7-15(18,19)28-8)13(27)29-14(2,3)4/h5,8,10H,6-7H2,1-4H3,(H,23,24,25)/t8-,10+/m0/s1. The van der Waals surface area contributed by atoms with Crippen LogP contribution in [0.2, 0.25) is 5.15 Å². The van der Waals surface area contributed by atoms with E-state index in [1.165, 1.54) is 6.92 Å². The largest absolute Gasteiger partial charge is 0.444 e. The molecule has 0 radical (unpaired) electrons. The zero-order chi connectivity index (χ0) is 22.2. The molecule has 0 unspecified atom stereocenters. The van der Waals surface area contributed by atoms with E-state index < -0.39 is 53.4 Å². The summed E-state index contributed by atoms with van der Waals surface area (Å²) in [5.74, 6) is -0.267. The van der Waals surface area contributed by atoms with Gasteiger partial charge in [-0.2, -0.15) is 22.0 Å². The topological polar surface area (TPSA) is 76.6 Å². The van der Waals surface area contributed by atoms with Crippen molar-refractivity contribution in [2.24, 2.45) is 0 Å². The van der Waals surface area contributed by atoms with E-state index in [2.05, 4.69) is 20.0 Å². The van der Waals surface area contributed by atoms with Crippen molar-refractivity contribution in [3.05, 3.63) is 16.9 Å². The molecule has 2 rings (SSSR count). The molecule has 2 atom stereocenters. The van der Waals surface area contributed by atoms with E-state index in [1.54, 1.807) is 20.8 Å². The Kier molecular flexibility index (Phi) is 6.48. The molecule has 164 valence electrons. The van der Waals surface area contributed by atoms with Crippen LogP contribution in [0.1, 0.15) is 33.3 Å². The van der Waals surface area contributed by atoms with Gasteiger partial charge in [0, 0.05) is 12.7 Å². The quantitative estimate of drug-likeness (QED) is 0.554. The number of hydrogen-bond acceptors (Lipinski definition) is 6. The van der Waals surface area contributed by atoms with Crippen LogP contribution in [-0.4, -0.2) is 57.9 Å². The summed E-state index contributed by atoms with van der Waals surface area (Å²) in [6.45, 7) is 4.83. The highest BCUT2D eigenvalue weighted by Crippen LogP contribution is 2.34. The maximum absolute atomic E-state index is 13.8. The number of anilines is 1. The number of halogens is 6. The van der Waals surface area contributed by atoms with Crippen LogP contribution in [0.5, 0.6) is 0 Å². The van der Waals surface area contributed by atoms with E-state index in [-0.39, 0.29) is 12.5 Å². The molecule has 0 aliphatic carbocycles. The number of nitrogens with one attached hydrogen (secondary N) is 1. The molecular formula is C16H20ClF5N4O3. The summed E-state index contributed by atoms with van der Waals surface area (Å²) in [7, 11) is 0. The summed E-state index contributed by atoms with van der Waals surface area (Å²) in [4.78, 5) is 20.2. The van der Waals surface area contributed by atoms with Crippen molar-refractivity contribution in [1.29, 1.82) is 0 Å². The number of nitrogens with zero attached hydrogens (tertiary/aromatic N) is 3. The Morgan fingerprint density at radius 2 is 2.03 bits per heavy atom. The normalized spacial score (nSPS) is 22.3. The molecular weight excluding hydrogens is 427 g/mol. The van der Waals surface area contributed by atoms with Gasteiger partial charge in [-0.05, 0) is 27.7 Å². The summed E-state index contributed by atoms with van der Waals surface area (Å²) < 4.78 is 75.6. The zero-order valence-corrected chi connectivity index (χ0v) is 16.7. The molecule has 29 heavy (non-hydrogen) atoms. The van der Waals surface area contributed by atoms with Gasteiger partial charge >= 0.3 is 18.4 Å². The first-order chi connectivity index (χ1) is 13.1. The molecule has 2 heterocycles. The number of ether oxygens (including phenoxy) is 2. The van der Waals surface area contributed by atoms with Crippen LogP contribution in [0.25, 0.3) is 0 Å². The van der Waals surface area contributed by atoms with Crippen LogP contribution in [0.4, 0.5) is 32.7 Å². The Labute approximate surface area is 168 Å². The van der Waals surface area contributed by atoms with Gasteiger partial charge in [0.25, 0.3) is 0 Å². The molecule has 1 N–H and O–H groups in total. The minimum Gasteiger partial charge on any atom is -0.444 e. The average Bonchev–Trinajstić information content (AvgIpc) is 2.49. The molecule has 1 aliphatic heterocycles. The number of amides is 1. The second-order valence-electron chi connectivity index (χ2n) is 7.41. The third-order valence-corrected chi connectivity index (χ3v) is 4.09. The average molecular weight is 447 g/mol. The Balaban J connectivity index is 2.17. The lowest BCUT2D eigenvalue weighted by atomic mass is 10.1. The molecule has 1 aromatic rings. The van der Waals surface area contributed by atoms with Crippen LogP contribution in [0.3, 0.4) is 0 Å². The maximum atomic E-state index is 13.8. The zero-order valence-electron chi connectivity index (χ0n) is 16.0. The lowest BCUT2D eigenvalue weighted by Gasteiger charge is -2.43. The monoisotopic (exact) mass is 446 g/mol. The van der Waals surface area contributed by atoms with Gasteiger partial charge in [0.15, 0.2) is 0 Å². The molecule has 0 bridgehead atoms. The second kappa shape index (κ2) is 8.05. The van der Waals surface area contributed by atoms with Gasteiger partial charge < -0.3 is 14.8 Å². The minimum atomic E-state index is -4.72. The third-order valence-electron chi connectivity index (χ3n) is 3.80. The van der Waals surface area contributed by atoms with Crippen LogP contribution in [0, 0.1) is 0 Å². The van der Waals surface area contributed by atoms with Gasteiger partial charge in [-0.15, -0.1) is 0 Å². The lowest BCUT2D eigenvalue weighted by molar-refractivity contribution is -0.300. The van der Waals surface area contributed by atoms with Crippen LogP contribution >= 0.6 is 11.6 Å². The number of rotatable bonds is 3. The van der Waals surface area contributed by atoms with Gasteiger partial charge in [-0.3, -0.25) is 4.90 Å². The first-order valence-electron chi connectivity index (χ1n) is 8.48. The number of carbonyl (C=O) groups excluding carboxylic acids is 1. The van der Waals surface area contributed by atoms with E-state index in [0.29, 0.717) is 6.20 Å². The van der Waals surface area contributed by atoms with Crippen LogP contribution < -0.4 is 5.32 Å². The number of morpholine rings is 1. The SMILES string of the molecule is C[C@@H]1OC(F)(F)CN(C(=O)OC(C)(C)C)[C@@H]1CNc1ncc(C(F)(F)F)c(Cl)n1. The van der Waals surface area contributed by atoms with Crippen LogP contribution in [0.15, 0.2) is 6.20 Å². The predicted molar refractivity (Wildman–Crippen MR) is 92.8 cm³/mol. The number of aromatic nitrogens is 2. The molecule has 0 spiro atoms. The number of alkyl halides is 5. The predicted octanol–water partition coefficient (Wildman–Crippen LogP) is 4.18. The minimum absolute atomic E-state index is 0.196. The first-order valence-corrected chi connectivity index (χ1v) is 8.86. The molecule has 1 fully saturated rings. The summed E-state index contributed by atoms with van der Waals surface area (Å²) >= 11 is 5.53. The van der Waals surface area contributed by atoms with Gasteiger partial charge in [0.2, 0.25) is 5.95 Å². The Hall–Kier alpha value is -1.95. The molecule has 0 saturated carbocycles. The van der Waals surface area contributed by atoms with Crippen molar-refractivity contribution in [3.8, 4) is 0 Å². The van der Waals surface area contributed by atoms with Gasteiger partial charge in [-0.25, -0.2) is 14.8 Å². The Morgan fingerprint density at radius 3 is 2.55 bits per heavy atom. The van der Waals surface area contributed by atoms with Gasteiger partial charge in [-0.1, -0.05) is 11.6 Å². The van der Waals surface area contributed by atoms with Crippen molar-refractivity contribution in [3.63, 3.8) is 0 Å². The molecule has 1 saturated heterocycles. The molecule has 1 aromatic heterocycles. The van der Waals surface area contributed by atoms with E-state index in [9.17, 15) is 26.7 Å². The molecule has 13 heteroatoms. The second-order valence-corrected chi connectivity index (χ2v) is 7.77. The highest BCUT2D eigenvalue weighted by Gasteiger charge is 2.48. The van der Waals surface area contributed by atoms with Gasteiger partial charge in [0.1, 0.15) is 22.9 Å². The van der Waals surface area contributed by atoms with E-state index in [0.717, 1.165) is 4.90 Å².